The number of nitrogens with zero attached hydrogens (tertiary/aromatic N) is 3. The second kappa shape index (κ2) is 8.12. The van der Waals surface area contributed by atoms with Crippen LogP contribution in [0.2, 0.25) is 0 Å². The first-order valence-corrected chi connectivity index (χ1v) is 10.8. The molecule has 0 spiro atoms. The Balaban J connectivity index is 1.97. The first kappa shape index (κ1) is 21.6. The number of aryl methyl sites for hydroxylation is 3. The van der Waals surface area contributed by atoms with E-state index in [0.717, 1.165) is 22.5 Å². The Hall–Kier alpha value is -3.65. The van der Waals surface area contributed by atoms with Gasteiger partial charge >= 0.3 is 5.91 Å². The average Bonchev–Trinajstić information content (AvgIpc) is 3.27. The van der Waals surface area contributed by atoms with E-state index in [1.165, 1.54) is 11.8 Å². The maximum atomic E-state index is 13.2. The van der Waals surface area contributed by atoms with Crippen LogP contribution in [-0.2, 0) is 9.59 Å². The monoisotopic (exact) mass is 447 g/mol. The Morgan fingerprint density at radius 3 is 2.53 bits per heavy atom. The van der Waals surface area contributed by atoms with Crippen molar-refractivity contribution in [2.45, 2.75) is 33.7 Å². The lowest BCUT2D eigenvalue weighted by molar-refractivity contribution is -0.132. The Bertz CT molecular complexity index is 1290. The fourth-order valence-electron chi connectivity index (χ4n) is 3.83. The minimum absolute atomic E-state index is 0.0334. The molecule has 1 unspecified atom stereocenters. The highest BCUT2D eigenvalue weighted by Crippen LogP contribution is 2.44. The largest absolute Gasteiger partial charge is 0.507 e. The van der Waals surface area contributed by atoms with Gasteiger partial charge in [-0.1, -0.05) is 35.1 Å². The summed E-state index contributed by atoms with van der Waals surface area (Å²) in [6, 6.07) is 8.04. The second-order valence-corrected chi connectivity index (χ2v) is 8.72. The van der Waals surface area contributed by atoms with Crippen LogP contribution in [0.1, 0.15) is 50.6 Å². The van der Waals surface area contributed by atoms with Gasteiger partial charge in [0, 0.05) is 24.9 Å². The number of ketones is 2. The minimum Gasteiger partial charge on any atom is -0.507 e. The number of carbonyl (C=O) groups excluding carboxylic acids is 3. The number of aromatic nitrogens is 2. The molecule has 1 N–H and O–H groups in total. The summed E-state index contributed by atoms with van der Waals surface area (Å²) in [5.74, 6) is -2.04. The summed E-state index contributed by atoms with van der Waals surface area (Å²) in [7, 11) is 0. The first-order valence-electron chi connectivity index (χ1n) is 9.97. The molecule has 162 valence electrons. The normalized spacial score (nSPS) is 17.8. The van der Waals surface area contributed by atoms with Gasteiger partial charge in [-0.2, -0.15) is 0 Å². The zero-order chi connectivity index (χ0) is 23.2. The first-order chi connectivity index (χ1) is 15.2. The lowest BCUT2D eigenvalue weighted by Crippen LogP contribution is -2.29. The Labute approximate surface area is 189 Å². The topological polar surface area (TPSA) is 100 Å². The number of hydrogen-bond donors (Lipinski definition) is 1. The number of pyridine rings is 1. The third kappa shape index (κ3) is 3.52. The summed E-state index contributed by atoms with van der Waals surface area (Å²) < 4.78 is 0. The van der Waals surface area contributed by atoms with Crippen LogP contribution in [0.3, 0.4) is 0 Å². The van der Waals surface area contributed by atoms with E-state index in [9.17, 15) is 19.5 Å². The number of thiazole rings is 1. The molecule has 3 aromatic rings. The van der Waals surface area contributed by atoms with Crippen LogP contribution in [0.25, 0.3) is 5.76 Å². The van der Waals surface area contributed by atoms with Crippen molar-refractivity contribution in [3.63, 3.8) is 0 Å². The molecule has 4 rings (SSSR count). The van der Waals surface area contributed by atoms with Gasteiger partial charge in [-0.25, -0.2) is 4.98 Å². The lowest BCUT2D eigenvalue weighted by atomic mass is 9.94. The molecule has 1 aliphatic rings. The SMILES string of the molecule is CC(=O)c1sc(N2C(=O)C(=O)/C(=C(/O)c3cc(C)ccc3C)C2c2cccnc2)nc1C. The zero-order valence-corrected chi connectivity index (χ0v) is 18.9. The lowest BCUT2D eigenvalue weighted by Gasteiger charge is -2.22. The van der Waals surface area contributed by atoms with E-state index in [1.807, 2.05) is 26.0 Å². The van der Waals surface area contributed by atoms with E-state index >= 15 is 0 Å². The molecular weight excluding hydrogens is 426 g/mol. The van der Waals surface area contributed by atoms with Gasteiger partial charge in [0.05, 0.1) is 22.2 Å². The van der Waals surface area contributed by atoms with Gasteiger partial charge in [0.15, 0.2) is 10.9 Å². The highest BCUT2D eigenvalue weighted by atomic mass is 32.1. The van der Waals surface area contributed by atoms with Crippen LogP contribution in [0.15, 0.2) is 48.3 Å². The van der Waals surface area contributed by atoms with Crippen molar-refractivity contribution in [3.8, 4) is 0 Å². The molecule has 0 bridgehead atoms. The van der Waals surface area contributed by atoms with Gasteiger partial charge in [0.2, 0.25) is 0 Å². The van der Waals surface area contributed by atoms with Crippen molar-refractivity contribution in [2.75, 3.05) is 4.90 Å². The van der Waals surface area contributed by atoms with E-state index < -0.39 is 17.7 Å². The molecule has 1 atom stereocenters. The van der Waals surface area contributed by atoms with E-state index in [1.54, 1.807) is 37.5 Å². The zero-order valence-electron chi connectivity index (χ0n) is 18.0. The molecule has 1 aliphatic heterocycles. The van der Waals surface area contributed by atoms with Gasteiger partial charge in [0.25, 0.3) is 5.78 Å². The summed E-state index contributed by atoms with van der Waals surface area (Å²) in [5.41, 5.74) is 3.17. The predicted molar refractivity (Wildman–Crippen MR) is 122 cm³/mol. The van der Waals surface area contributed by atoms with Crippen LogP contribution < -0.4 is 4.90 Å². The number of rotatable bonds is 4. The van der Waals surface area contributed by atoms with Crippen molar-refractivity contribution in [3.05, 3.63) is 81.1 Å². The fourth-order valence-corrected chi connectivity index (χ4v) is 4.82. The van der Waals surface area contributed by atoms with Gasteiger partial charge in [-0.3, -0.25) is 24.3 Å². The molecule has 8 heteroatoms. The number of benzene rings is 1. The molecule has 2 aromatic heterocycles. The average molecular weight is 448 g/mol. The number of hydrogen-bond acceptors (Lipinski definition) is 7. The molecule has 1 aromatic carbocycles. The number of anilines is 1. The van der Waals surface area contributed by atoms with Crippen LogP contribution in [-0.4, -0.2) is 32.5 Å². The van der Waals surface area contributed by atoms with E-state index in [-0.39, 0.29) is 22.2 Å². The number of amides is 1. The van der Waals surface area contributed by atoms with Crippen molar-refractivity contribution in [1.29, 1.82) is 0 Å². The van der Waals surface area contributed by atoms with Crippen LogP contribution in [0.5, 0.6) is 0 Å². The van der Waals surface area contributed by atoms with Crippen molar-refractivity contribution < 1.29 is 19.5 Å². The molecule has 3 heterocycles. The smallest absolute Gasteiger partial charge is 0.301 e. The molecule has 0 saturated carbocycles. The third-order valence-electron chi connectivity index (χ3n) is 5.40. The van der Waals surface area contributed by atoms with Crippen molar-refractivity contribution in [2.24, 2.45) is 0 Å². The molecule has 1 fully saturated rings. The predicted octanol–water partition coefficient (Wildman–Crippen LogP) is 4.29. The van der Waals surface area contributed by atoms with Crippen molar-refractivity contribution >= 4 is 39.7 Å². The number of Topliss-reactive ketones (excluding diaryl/α,β-unsaturated/α-hetero) is 2. The van der Waals surface area contributed by atoms with Gasteiger partial charge in [0.1, 0.15) is 5.76 Å². The quantitative estimate of drug-likeness (QED) is 0.277. The maximum Gasteiger partial charge on any atom is 0.301 e. The van der Waals surface area contributed by atoms with Gasteiger partial charge < -0.3 is 5.11 Å². The fraction of sp³-hybridized carbons (Fsp3) is 0.208. The molecular formula is C24H21N3O4S. The van der Waals surface area contributed by atoms with Gasteiger partial charge in [-0.15, -0.1) is 0 Å². The Kier molecular flexibility index (Phi) is 5.48. The number of aliphatic hydroxyl groups excluding tert-OH is 1. The molecule has 32 heavy (non-hydrogen) atoms. The summed E-state index contributed by atoms with van der Waals surface area (Å²) in [5, 5.41) is 11.5. The molecule has 1 amide bonds. The van der Waals surface area contributed by atoms with Crippen LogP contribution in [0, 0.1) is 20.8 Å². The van der Waals surface area contributed by atoms with Gasteiger partial charge in [-0.05, 0) is 44.0 Å². The third-order valence-corrected chi connectivity index (χ3v) is 6.66. The molecule has 7 nitrogen and oxygen atoms in total. The summed E-state index contributed by atoms with van der Waals surface area (Å²) in [6.45, 7) is 6.82. The van der Waals surface area contributed by atoms with Crippen LogP contribution in [0.4, 0.5) is 5.13 Å². The highest BCUT2D eigenvalue weighted by molar-refractivity contribution is 7.18. The molecule has 0 aliphatic carbocycles. The van der Waals surface area contributed by atoms with E-state index in [0.29, 0.717) is 21.7 Å². The van der Waals surface area contributed by atoms with E-state index in [4.69, 9.17) is 0 Å². The number of aliphatic hydroxyl groups is 1. The van der Waals surface area contributed by atoms with E-state index in [2.05, 4.69) is 9.97 Å². The Morgan fingerprint density at radius 1 is 1.16 bits per heavy atom. The molecule has 0 radical (unpaired) electrons. The summed E-state index contributed by atoms with van der Waals surface area (Å²) in [6.07, 6.45) is 3.13. The molecule has 1 saturated heterocycles. The summed E-state index contributed by atoms with van der Waals surface area (Å²) >= 11 is 1.05. The van der Waals surface area contributed by atoms with Crippen molar-refractivity contribution in [1.82, 2.24) is 9.97 Å². The second-order valence-electron chi connectivity index (χ2n) is 7.74. The Morgan fingerprint density at radius 2 is 1.91 bits per heavy atom. The maximum absolute atomic E-state index is 13.2. The van der Waals surface area contributed by atoms with Crippen LogP contribution >= 0.6 is 11.3 Å². The standard InChI is InChI=1S/C24H21N3O4S/c1-12-7-8-13(2)17(10-12)20(29)18-19(16-6-5-9-25-11-16)27(23(31)21(18)30)24-26-14(3)22(32-24)15(4)28/h5-11,19,29H,1-4H3/b20-18+. The highest BCUT2D eigenvalue weighted by Gasteiger charge is 2.48. The number of carbonyl (C=O) groups is 3. The minimum atomic E-state index is -0.922. The summed E-state index contributed by atoms with van der Waals surface area (Å²) in [4.78, 5) is 48.5.